The van der Waals surface area contributed by atoms with Gasteiger partial charge in [0.1, 0.15) is 0 Å². The molecule has 2 heteroatoms. The fourth-order valence-corrected chi connectivity index (χ4v) is 2.81. The summed E-state index contributed by atoms with van der Waals surface area (Å²) >= 11 is 0. The van der Waals surface area contributed by atoms with Crippen LogP contribution in [0, 0.1) is 17.3 Å². The molecule has 2 saturated carbocycles. The maximum absolute atomic E-state index is 9.82. The molecule has 0 radical (unpaired) electrons. The molecule has 0 aromatic heterocycles. The smallest absolute Gasteiger partial charge is 0.0880 e. The molecule has 0 spiro atoms. The van der Waals surface area contributed by atoms with Crippen LogP contribution in [-0.4, -0.2) is 21.9 Å². The van der Waals surface area contributed by atoms with Gasteiger partial charge in [0.15, 0.2) is 0 Å². The highest BCUT2D eigenvalue weighted by atomic mass is 16.3. The van der Waals surface area contributed by atoms with Gasteiger partial charge in [-0.25, -0.2) is 0 Å². The summed E-state index contributed by atoms with van der Waals surface area (Å²) in [6, 6.07) is 0. The Bertz CT molecular complexity index is 208. The van der Waals surface area contributed by atoms with E-state index in [1.165, 1.54) is 0 Å². The fourth-order valence-electron chi connectivity index (χ4n) is 2.81. The molecule has 0 aliphatic heterocycles. The molecule has 2 N–H and O–H groups in total. The predicted octanol–water partition coefficient (Wildman–Crippen LogP) is 1.16. The van der Waals surface area contributed by atoms with Crippen LogP contribution in [0.4, 0.5) is 0 Å². The molecule has 0 aromatic carbocycles. The van der Waals surface area contributed by atoms with Crippen molar-refractivity contribution in [1.82, 2.24) is 0 Å². The van der Waals surface area contributed by atoms with Crippen LogP contribution in [0.2, 0.25) is 0 Å². The van der Waals surface area contributed by atoms with Crippen LogP contribution < -0.4 is 0 Å². The minimum Gasteiger partial charge on any atom is -0.390 e. The molecule has 2 aliphatic carbocycles. The summed E-state index contributed by atoms with van der Waals surface area (Å²) in [6.07, 6.45) is 1.04. The number of fused-ring (bicyclic) bond motifs is 1. The van der Waals surface area contributed by atoms with Gasteiger partial charge in [-0.15, -0.1) is 0 Å². The standard InChI is InChI=1S/C10H18O2/c1-9(2)6-4-8(11)10(3,12)5-7(6)9/h6-8,11-12H,4-5H2,1-3H3/t6-,7+,8?,10?/m1/s1. The van der Waals surface area contributed by atoms with Gasteiger partial charge in [-0.1, -0.05) is 13.8 Å². The van der Waals surface area contributed by atoms with Gasteiger partial charge in [-0.2, -0.15) is 0 Å². The Morgan fingerprint density at radius 2 is 1.75 bits per heavy atom. The van der Waals surface area contributed by atoms with Crippen LogP contribution in [0.3, 0.4) is 0 Å². The Morgan fingerprint density at radius 1 is 1.17 bits per heavy atom. The Morgan fingerprint density at radius 3 is 2.25 bits per heavy atom. The van der Waals surface area contributed by atoms with Gasteiger partial charge in [0.25, 0.3) is 0 Å². The predicted molar refractivity (Wildman–Crippen MR) is 46.6 cm³/mol. The zero-order chi connectivity index (χ0) is 9.15. The van der Waals surface area contributed by atoms with E-state index in [0.29, 0.717) is 17.3 Å². The number of hydrogen-bond acceptors (Lipinski definition) is 2. The molecule has 2 unspecified atom stereocenters. The van der Waals surface area contributed by atoms with E-state index in [-0.39, 0.29) is 0 Å². The van der Waals surface area contributed by atoms with E-state index in [0.717, 1.165) is 12.8 Å². The van der Waals surface area contributed by atoms with Crippen LogP contribution in [0.15, 0.2) is 0 Å². The second kappa shape index (κ2) is 2.05. The highest BCUT2D eigenvalue weighted by Crippen LogP contribution is 2.66. The van der Waals surface area contributed by atoms with Gasteiger partial charge in [0.2, 0.25) is 0 Å². The van der Waals surface area contributed by atoms with E-state index >= 15 is 0 Å². The van der Waals surface area contributed by atoms with Gasteiger partial charge >= 0.3 is 0 Å². The van der Waals surface area contributed by atoms with E-state index in [9.17, 15) is 10.2 Å². The van der Waals surface area contributed by atoms with Gasteiger partial charge in [0.05, 0.1) is 11.7 Å². The third kappa shape index (κ3) is 0.944. The van der Waals surface area contributed by atoms with Gasteiger partial charge in [-0.05, 0) is 37.0 Å². The molecule has 0 aromatic rings. The highest BCUT2D eigenvalue weighted by Gasteiger charge is 2.63. The van der Waals surface area contributed by atoms with Crippen LogP contribution in [0.1, 0.15) is 33.6 Å². The Kier molecular flexibility index (Phi) is 1.45. The van der Waals surface area contributed by atoms with Crippen LogP contribution >= 0.6 is 0 Å². The Labute approximate surface area is 73.6 Å². The Hall–Kier alpha value is -0.0800. The molecule has 0 amide bonds. The molecular formula is C10H18O2. The number of aliphatic hydroxyl groups excluding tert-OH is 1. The molecule has 2 rings (SSSR count). The zero-order valence-electron chi connectivity index (χ0n) is 8.04. The van der Waals surface area contributed by atoms with E-state index < -0.39 is 11.7 Å². The number of aliphatic hydroxyl groups is 2. The first kappa shape index (κ1) is 8.52. The van der Waals surface area contributed by atoms with Gasteiger partial charge in [0, 0.05) is 0 Å². The summed E-state index contributed by atoms with van der Waals surface area (Å²) in [4.78, 5) is 0. The lowest BCUT2D eigenvalue weighted by Gasteiger charge is -2.32. The van der Waals surface area contributed by atoms with Gasteiger partial charge < -0.3 is 10.2 Å². The van der Waals surface area contributed by atoms with Crippen molar-refractivity contribution >= 4 is 0 Å². The van der Waals surface area contributed by atoms with Crippen molar-refractivity contribution in [2.24, 2.45) is 17.3 Å². The van der Waals surface area contributed by atoms with E-state index in [2.05, 4.69) is 13.8 Å². The SMILES string of the molecule is CC1(O)C[C@H]2[C@@H](CC1O)C2(C)C. The maximum Gasteiger partial charge on any atom is 0.0880 e. The average molecular weight is 170 g/mol. The lowest BCUT2D eigenvalue weighted by atomic mass is 9.84. The molecule has 4 atom stereocenters. The second-order valence-corrected chi connectivity index (χ2v) is 5.35. The van der Waals surface area contributed by atoms with E-state index in [4.69, 9.17) is 0 Å². The molecule has 0 heterocycles. The van der Waals surface area contributed by atoms with Crippen molar-refractivity contribution < 1.29 is 10.2 Å². The number of hydrogen-bond donors (Lipinski definition) is 2. The minimum absolute atomic E-state index is 0.363. The molecule has 2 fully saturated rings. The van der Waals surface area contributed by atoms with E-state index in [1.807, 2.05) is 0 Å². The van der Waals surface area contributed by atoms with Gasteiger partial charge in [-0.3, -0.25) is 0 Å². The lowest BCUT2D eigenvalue weighted by Crippen LogP contribution is -2.42. The summed E-state index contributed by atoms with van der Waals surface area (Å²) in [5.41, 5.74) is -0.476. The van der Waals surface area contributed by atoms with Crippen molar-refractivity contribution in [1.29, 1.82) is 0 Å². The molecule has 12 heavy (non-hydrogen) atoms. The molecule has 2 aliphatic rings. The van der Waals surface area contributed by atoms with Crippen LogP contribution in [0.25, 0.3) is 0 Å². The summed E-state index contributed by atoms with van der Waals surface area (Å²) in [5.74, 6) is 1.28. The summed E-state index contributed by atoms with van der Waals surface area (Å²) < 4.78 is 0. The molecular weight excluding hydrogens is 152 g/mol. The molecule has 2 nitrogen and oxygen atoms in total. The van der Waals surface area contributed by atoms with Crippen molar-refractivity contribution in [3.05, 3.63) is 0 Å². The van der Waals surface area contributed by atoms with Crippen molar-refractivity contribution in [3.8, 4) is 0 Å². The Balaban J connectivity index is 2.14. The summed E-state index contributed by atoms with van der Waals surface area (Å²) in [5, 5.41) is 19.4. The first-order chi connectivity index (χ1) is 5.36. The monoisotopic (exact) mass is 170 g/mol. The third-order valence-electron chi connectivity index (χ3n) is 4.12. The first-order valence-electron chi connectivity index (χ1n) is 4.76. The van der Waals surface area contributed by atoms with Crippen LogP contribution in [0.5, 0.6) is 0 Å². The summed E-state index contributed by atoms with van der Waals surface area (Å²) in [7, 11) is 0. The molecule has 0 saturated heterocycles. The molecule has 0 bridgehead atoms. The topological polar surface area (TPSA) is 40.5 Å². The minimum atomic E-state index is -0.838. The summed E-state index contributed by atoms with van der Waals surface area (Å²) in [6.45, 7) is 6.22. The van der Waals surface area contributed by atoms with E-state index in [1.54, 1.807) is 6.92 Å². The quantitative estimate of drug-likeness (QED) is 0.573. The highest BCUT2D eigenvalue weighted by molar-refractivity contribution is 5.12. The van der Waals surface area contributed by atoms with Crippen LogP contribution in [-0.2, 0) is 0 Å². The molecule has 70 valence electrons. The first-order valence-corrected chi connectivity index (χ1v) is 4.76. The number of rotatable bonds is 0. The van der Waals surface area contributed by atoms with Crippen molar-refractivity contribution in [2.45, 2.75) is 45.3 Å². The average Bonchev–Trinajstić information content (AvgIpc) is 2.37. The lowest BCUT2D eigenvalue weighted by molar-refractivity contribution is -0.0892. The zero-order valence-corrected chi connectivity index (χ0v) is 8.04. The van der Waals surface area contributed by atoms with Crippen molar-refractivity contribution in [2.75, 3.05) is 0 Å². The third-order valence-corrected chi connectivity index (χ3v) is 4.12. The largest absolute Gasteiger partial charge is 0.390 e. The normalized spacial score (nSPS) is 56.2. The maximum atomic E-state index is 9.82. The van der Waals surface area contributed by atoms with Crippen molar-refractivity contribution in [3.63, 3.8) is 0 Å². The second-order valence-electron chi connectivity index (χ2n) is 5.35. The fraction of sp³-hybridized carbons (Fsp3) is 1.00.